The zero-order chi connectivity index (χ0) is 86.9. The van der Waals surface area contributed by atoms with Crippen molar-refractivity contribution in [1.29, 1.82) is 0 Å². The number of anilines is 12. The predicted molar refractivity (Wildman–Crippen MR) is 553 cm³/mol. The second kappa shape index (κ2) is 31.5. The standard InChI is InChI=1S/C44H30N4.2C38H25N3S/c1-3-14-32(15-4-1)45-27-26-31-28-37-36-20-7-8-21-38(36)47(44(37)30-43(31)45)34-18-13-19-35(29-34)48-41-24-11-9-22-39(41)46(33-16-5-2-6-17-33)40-23-10-12-25-42(40)48;1-2-11-27(12-3-1)39-22-21-26-23-31-30-15-4-5-16-32(30)40(36(31)25-35(26)39)28-13-10-14-29(24-28)41-33-17-6-8-19-37(33)42-38-20-9-7-18-34(38)41;1-2-10-27(11-3-1)39-23-22-26-24-31-30-12-4-5-13-32(30)40(36(31)25-35(26)39)28-18-20-29(21-19-28)41-33-14-6-8-16-37(33)42-38-17-9-7-15-34(38)41/h1-30H;2*1-25H. The van der Waals surface area contributed by atoms with E-state index in [1.165, 1.54) is 146 Å². The first-order chi connectivity index (χ1) is 65.5. The summed E-state index contributed by atoms with van der Waals surface area (Å²) in [7, 11) is 0. The number of nitrogens with zero attached hydrogens (tertiary/aromatic N) is 10. The molecule has 19 aromatic carbocycles. The Morgan fingerprint density at radius 2 is 0.379 bits per heavy atom. The van der Waals surface area contributed by atoms with Crippen molar-refractivity contribution in [2.45, 2.75) is 19.6 Å². The van der Waals surface area contributed by atoms with Crippen molar-refractivity contribution >= 4 is 190 Å². The molecule has 25 aromatic rings. The Morgan fingerprint density at radius 3 is 0.727 bits per heavy atom. The first-order valence-electron chi connectivity index (χ1n) is 44.8. The SMILES string of the molecule is c1ccc(-n2ccc3cc4c5ccccc5n(-c5ccc(N6c7ccccc7Sc7ccccc76)cc5)c4cc32)cc1.c1ccc(-n2ccc3cc4c5ccccc5n(-c5cccc(N6c7ccccc7Sc7ccccc76)c5)c4cc32)cc1.c1ccc(N2c3ccccc3N(c3cccc(-n4c5ccccc5c5cc6ccn(-c7ccccc7)c6cc54)c3)c3ccccc32)cc1. The molecule has 0 unspecified atom stereocenters. The Balaban J connectivity index is 0.000000104. The van der Waals surface area contributed by atoms with E-state index >= 15 is 0 Å². The average molecular weight is 1730 g/mol. The van der Waals surface area contributed by atoms with E-state index in [0.29, 0.717) is 0 Å². The second-order valence-electron chi connectivity index (χ2n) is 33.7. The minimum atomic E-state index is 1.11. The lowest BCUT2D eigenvalue weighted by atomic mass is 10.0. The first kappa shape index (κ1) is 76.3. The van der Waals surface area contributed by atoms with Gasteiger partial charge in [-0.2, -0.15) is 0 Å². The number of fused-ring (bicyclic) bond motifs is 18. The summed E-state index contributed by atoms with van der Waals surface area (Å²) in [6.07, 6.45) is 6.53. The smallest absolute Gasteiger partial charge is 0.0703 e. The lowest BCUT2D eigenvalue weighted by Crippen LogP contribution is -2.23. The van der Waals surface area contributed by atoms with E-state index in [1.807, 2.05) is 23.5 Å². The Kier molecular flexibility index (Phi) is 18.2. The molecule has 10 nitrogen and oxygen atoms in total. The molecule has 0 saturated heterocycles. The molecule has 9 heterocycles. The molecule has 622 valence electrons. The quantitative estimate of drug-likeness (QED) is 0.136. The molecule has 0 atom stereocenters. The predicted octanol–water partition coefficient (Wildman–Crippen LogP) is 33.3. The summed E-state index contributed by atoms with van der Waals surface area (Å²) in [4.78, 5) is 14.6. The van der Waals surface area contributed by atoms with Crippen molar-refractivity contribution in [1.82, 2.24) is 27.4 Å². The molecule has 0 radical (unpaired) electrons. The van der Waals surface area contributed by atoms with Crippen molar-refractivity contribution < 1.29 is 0 Å². The third-order valence-corrected chi connectivity index (χ3v) is 28.5. The summed E-state index contributed by atoms with van der Waals surface area (Å²) in [5.41, 5.74) is 31.7. The summed E-state index contributed by atoms with van der Waals surface area (Å²) in [6.45, 7) is 0. The summed E-state index contributed by atoms with van der Waals surface area (Å²) < 4.78 is 14.1. The van der Waals surface area contributed by atoms with Gasteiger partial charge in [-0.25, -0.2) is 0 Å². The highest BCUT2D eigenvalue weighted by Gasteiger charge is 2.33. The van der Waals surface area contributed by atoms with Crippen LogP contribution in [0.5, 0.6) is 0 Å². The molecule has 0 fully saturated rings. The average Bonchev–Trinajstić information content (AvgIpc) is 1.46. The molecule has 0 aliphatic carbocycles. The molecule has 0 saturated carbocycles. The van der Waals surface area contributed by atoms with Crippen molar-refractivity contribution in [2.24, 2.45) is 0 Å². The second-order valence-corrected chi connectivity index (χ2v) is 35.9. The maximum absolute atomic E-state index is 2.42. The van der Waals surface area contributed by atoms with E-state index in [2.05, 4.69) is 533 Å². The normalized spacial score (nSPS) is 12.6. The largest absolute Gasteiger partial charge is 0.316 e. The molecule has 12 heteroatoms. The van der Waals surface area contributed by atoms with Gasteiger partial charge in [0.2, 0.25) is 0 Å². The van der Waals surface area contributed by atoms with Gasteiger partial charge in [0.25, 0.3) is 0 Å². The minimum Gasteiger partial charge on any atom is -0.316 e. The number of rotatable bonds is 10. The van der Waals surface area contributed by atoms with Crippen molar-refractivity contribution in [3.8, 4) is 34.1 Å². The highest BCUT2D eigenvalue weighted by molar-refractivity contribution is 8.00. The molecule has 3 aliphatic heterocycles. The summed E-state index contributed by atoms with van der Waals surface area (Å²) >= 11 is 3.68. The number of para-hydroxylation sites is 15. The van der Waals surface area contributed by atoms with Gasteiger partial charge < -0.3 is 47.0 Å². The van der Waals surface area contributed by atoms with Gasteiger partial charge in [0.15, 0.2) is 0 Å². The Bertz CT molecular complexity index is 8690. The van der Waals surface area contributed by atoms with Gasteiger partial charge in [0.1, 0.15) is 0 Å². The van der Waals surface area contributed by atoms with Crippen LogP contribution in [0.25, 0.3) is 132 Å². The van der Waals surface area contributed by atoms with Gasteiger partial charge in [0, 0.05) is 144 Å². The maximum atomic E-state index is 2.42. The minimum absolute atomic E-state index is 1.11. The van der Waals surface area contributed by atoms with Crippen LogP contribution in [-0.4, -0.2) is 27.4 Å². The van der Waals surface area contributed by atoms with E-state index in [9.17, 15) is 0 Å². The van der Waals surface area contributed by atoms with E-state index < -0.39 is 0 Å². The topological polar surface area (TPSA) is 42.5 Å². The number of benzene rings is 19. The molecule has 28 rings (SSSR count). The lowest BCUT2D eigenvalue weighted by molar-refractivity contribution is 1.12. The first-order valence-corrected chi connectivity index (χ1v) is 46.4. The van der Waals surface area contributed by atoms with Crippen LogP contribution in [-0.2, 0) is 0 Å². The maximum Gasteiger partial charge on any atom is 0.0703 e. The van der Waals surface area contributed by atoms with Crippen LogP contribution >= 0.6 is 23.5 Å². The molecule has 0 amide bonds. The van der Waals surface area contributed by atoms with Gasteiger partial charge in [-0.15, -0.1) is 0 Å². The van der Waals surface area contributed by atoms with Gasteiger partial charge in [-0.1, -0.05) is 236 Å². The molecule has 132 heavy (non-hydrogen) atoms. The highest BCUT2D eigenvalue weighted by atomic mass is 32.2. The van der Waals surface area contributed by atoms with Crippen LogP contribution in [0.3, 0.4) is 0 Å². The van der Waals surface area contributed by atoms with Crippen LogP contribution < -0.4 is 19.6 Å². The van der Waals surface area contributed by atoms with Crippen molar-refractivity contribution in [3.05, 3.63) is 486 Å². The van der Waals surface area contributed by atoms with Crippen LogP contribution in [0, 0.1) is 0 Å². The zero-order valence-electron chi connectivity index (χ0n) is 71.5. The van der Waals surface area contributed by atoms with Crippen molar-refractivity contribution in [2.75, 3.05) is 19.6 Å². The molecule has 6 aromatic heterocycles. The number of hydrogen-bond donors (Lipinski definition) is 0. The fourth-order valence-corrected chi connectivity index (χ4v) is 22.5. The molecular formula is C120H80N10S2. The molecule has 0 N–H and O–H groups in total. The van der Waals surface area contributed by atoms with E-state index in [0.717, 1.165) is 73.9 Å². The number of hydrogen-bond acceptors (Lipinski definition) is 6. The third kappa shape index (κ3) is 12.7. The summed E-state index contributed by atoms with van der Waals surface area (Å²) in [5, 5.41) is 11.3. The van der Waals surface area contributed by atoms with Crippen molar-refractivity contribution in [3.63, 3.8) is 0 Å². The van der Waals surface area contributed by atoms with Gasteiger partial charge in [-0.05, 0) is 255 Å². The monoisotopic (exact) mass is 1720 g/mol. The van der Waals surface area contributed by atoms with Gasteiger partial charge >= 0.3 is 0 Å². The third-order valence-electron chi connectivity index (χ3n) is 26.2. The Labute approximate surface area is 770 Å². The van der Waals surface area contributed by atoms with E-state index in [1.54, 1.807) is 0 Å². The van der Waals surface area contributed by atoms with Crippen LogP contribution in [0.15, 0.2) is 505 Å². The fourth-order valence-electron chi connectivity index (χ4n) is 20.4. The van der Waals surface area contributed by atoms with Crippen LogP contribution in [0.1, 0.15) is 0 Å². The number of aromatic nitrogens is 6. The Morgan fingerprint density at radius 1 is 0.136 bits per heavy atom. The van der Waals surface area contributed by atoms with Crippen LogP contribution in [0.2, 0.25) is 0 Å². The lowest BCUT2D eigenvalue weighted by Gasteiger charge is -2.40. The Hall–Kier alpha value is -16.9. The zero-order valence-corrected chi connectivity index (χ0v) is 73.1. The molecule has 3 aliphatic rings. The van der Waals surface area contributed by atoms with Gasteiger partial charge in [-0.3, -0.25) is 0 Å². The summed E-state index contributed by atoms with van der Waals surface area (Å²) in [6, 6.07) is 168. The fraction of sp³-hybridized carbons (Fsp3) is 0. The molecular weight excluding hydrogens is 1650 g/mol. The highest BCUT2D eigenvalue weighted by Crippen LogP contribution is 2.57. The summed E-state index contributed by atoms with van der Waals surface area (Å²) in [5.74, 6) is 0. The van der Waals surface area contributed by atoms with E-state index in [4.69, 9.17) is 0 Å². The van der Waals surface area contributed by atoms with Crippen LogP contribution in [0.4, 0.5) is 68.2 Å². The van der Waals surface area contributed by atoms with E-state index in [-0.39, 0.29) is 0 Å². The van der Waals surface area contributed by atoms with Gasteiger partial charge in [0.05, 0.1) is 95.1 Å². The molecule has 0 bridgehead atoms. The molecule has 0 spiro atoms.